The Morgan fingerprint density at radius 2 is 2.03 bits per heavy atom. The summed E-state index contributed by atoms with van der Waals surface area (Å²) in [5.41, 5.74) is 8.42. The second kappa shape index (κ2) is 9.29. The number of anilines is 2. The maximum atomic E-state index is 12.1. The average molecular weight is 415 g/mol. The van der Waals surface area contributed by atoms with Crippen molar-refractivity contribution in [2.75, 3.05) is 44.3 Å². The quantitative estimate of drug-likeness (QED) is 0.349. The van der Waals surface area contributed by atoms with Crippen LogP contribution < -0.4 is 15.8 Å². The van der Waals surface area contributed by atoms with Gasteiger partial charge in [-0.05, 0) is 67.9 Å². The molecule has 1 saturated heterocycles. The summed E-state index contributed by atoms with van der Waals surface area (Å²) < 4.78 is 5.82. The van der Waals surface area contributed by atoms with E-state index in [9.17, 15) is 4.79 Å². The molecule has 0 aliphatic carbocycles. The smallest absolute Gasteiger partial charge is 0.130 e. The Bertz CT molecular complexity index is 879. The monoisotopic (exact) mass is 414 g/mol. The van der Waals surface area contributed by atoms with E-state index in [0.717, 1.165) is 50.0 Å². The summed E-state index contributed by atoms with van der Waals surface area (Å²) in [6.45, 7) is 2.93. The van der Waals surface area contributed by atoms with Crippen LogP contribution in [0, 0.1) is 5.41 Å². The van der Waals surface area contributed by atoms with E-state index in [-0.39, 0.29) is 0 Å². The molecule has 3 rings (SSSR count). The van der Waals surface area contributed by atoms with Crippen molar-refractivity contribution in [2.24, 2.45) is 0 Å². The number of likely N-dealkylation sites (tertiary alicyclic amines) is 1. The van der Waals surface area contributed by atoms with Gasteiger partial charge in [-0.3, -0.25) is 4.90 Å². The number of nitrogens with zero attached hydrogens (tertiary/aromatic N) is 1. The molecule has 1 fully saturated rings. The first kappa shape index (κ1) is 21.1. The number of nitrogens with two attached hydrogens (primary N) is 1. The van der Waals surface area contributed by atoms with Gasteiger partial charge in [0.2, 0.25) is 0 Å². The van der Waals surface area contributed by atoms with E-state index >= 15 is 0 Å². The van der Waals surface area contributed by atoms with Crippen molar-refractivity contribution in [1.29, 1.82) is 5.41 Å². The minimum Gasteiger partial charge on any atom is -0.492 e. The van der Waals surface area contributed by atoms with E-state index in [1.54, 1.807) is 12.1 Å². The lowest BCUT2D eigenvalue weighted by molar-refractivity contribution is -0.114. The number of carbonyl (C=O) groups is 1. The van der Waals surface area contributed by atoms with E-state index in [1.807, 2.05) is 31.3 Å². The molecule has 0 amide bonds. The van der Waals surface area contributed by atoms with Crippen molar-refractivity contribution >= 4 is 35.5 Å². The fourth-order valence-corrected chi connectivity index (χ4v) is 4.01. The van der Waals surface area contributed by atoms with Crippen LogP contribution in [0.4, 0.5) is 11.4 Å². The Morgan fingerprint density at radius 1 is 1.28 bits per heavy atom. The molecule has 4 N–H and O–H groups in total. The highest BCUT2D eigenvalue weighted by Crippen LogP contribution is 2.39. The summed E-state index contributed by atoms with van der Waals surface area (Å²) in [5, 5.41) is 11.2. The maximum absolute atomic E-state index is 12.1. The third kappa shape index (κ3) is 4.71. The van der Waals surface area contributed by atoms with Gasteiger partial charge < -0.3 is 26.0 Å². The van der Waals surface area contributed by atoms with Crippen molar-refractivity contribution < 1.29 is 9.53 Å². The molecule has 0 aromatic heterocycles. The number of nitrogen functional groups attached to an aromatic ring is 1. The molecule has 154 valence electrons. The summed E-state index contributed by atoms with van der Waals surface area (Å²) in [7, 11) is 1.86. The number of hydrogen-bond donors (Lipinski definition) is 3. The van der Waals surface area contributed by atoms with Crippen LogP contribution in [0.2, 0.25) is 5.02 Å². The lowest BCUT2D eigenvalue weighted by Gasteiger charge is -2.39. The predicted octanol–water partition coefficient (Wildman–Crippen LogP) is 3.57. The Hall–Kier alpha value is -2.57. The number of piperidine rings is 1. The zero-order chi connectivity index (χ0) is 20.9. The van der Waals surface area contributed by atoms with Gasteiger partial charge in [0.15, 0.2) is 0 Å². The Balaban J connectivity index is 1.59. The molecule has 2 aromatic carbocycles. The number of halogens is 1. The van der Waals surface area contributed by atoms with Crippen LogP contribution in [0.3, 0.4) is 0 Å². The molecule has 29 heavy (non-hydrogen) atoms. The van der Waals surface area contributed by atoms with Crippen molar-refractivity contribution in [3.05, 3.63) is 52.5 Å². The normalized spacial score (nSPS) is 16.2. The van der Waals surface area contributed by atoms with E-state index in [0.29, 0.717) is 28.6 Å². The second-order valence-corrected chi connectivity index (χ2v) is 7.78. The third-order valence-corrected chi connectivity index (χ3v) is 5.89. The molecule has 0 saturated carbocycles. The van der Waals surface area contributed by atoms with Crippen LogP contribution in [-0.2, 0) is 10.2 Å². The van der Waals surface area contributed by atoms with Crippen LogP contribution >= 0.6 is 11.6 Å². The third-order valence-electron chi connectivity index (χ3n) is 5.65. The number of hydrogen-bond acceptors (Lipinski definition) is 6. The molecule has 7 heteroatoms. The standard InChI is InChI=1S/C22H27ClN4O2/c1-26-21-5-2-17(23)13-19(21)22(15-28)6-8-27(9-7-22)10-11-29-18-3-4-20(25)16(12-18)14-24/h2-5,12-15,24,26H,6-11,25H2,1H3. The number of aldehydes is 1. The first-order valence-electron chi connectivity index (χ1n) is 9.70. The molecule has 0 unspecified atom stereocenters. The highest BCUT2D eigenvalue weighted by molar-refractivity contribution is 6.30. The van der Waals surface area contributed by atoms with Crippen LogP contribution in [0.25, 0.3) is 0 Å². The van der Waals surface area contributed by atoms with Gasteiger partial charge in [-0.25, -0.2) is 0 Å². The topological polar surface area (TPSA) is 91.4 Å². The molecule has 0 bridgehead atoms. The van der Waals surface area contributed by atoms with Crippen LogP contribution in [0.1, 0.15) is 24.0 Å². The molecule has 1 heterocycles. The van der Waals surface area contributed by atoms with Crippen LogP contribution in [0.15, 0.2) is 36.4 Å². The zero-order valence-corrected chi connectivity index (χ0v) is 17.3. The minimum atomic E-state index is -0.517. The molecule has 2 aromatic rings. The highest BCUT2D eigenvalue weighted by Gasteiger charge is 2.37. The molecule has 0 radical (unpaired) electrons. The molecular formula is C22H27ClN4O2. The number of ether oxygens (including phenoxy) is 1. The van der Waals surface area contributed by atoms with E-state index in [1.165, 1.54) is 6.21 Å². The minimum absolute atomic E-state index is 0.517. The van der Waals surface area contributed by atoms with E-state index < -0.39 is 5.41 Å². The van der Waals surface area contributed by atoms with Gasteiger partial charge in [-0.15, -0.1) is 0 Å². The van der Waals surface area contributed by atoms with Gasteiger partial charge in [-0.1, -0.05) is 11.6 Å². The van der Waals surface area contributed by atoms with Crippen molar-refractivity contribution in [3.8, 4) is 5.75 Å². The van der Waals surface area contributed by atoms with Gasteiger partial charge in [-0.2, -0.15) is 0 Å². The molecule has 1 aliphatic rings. The molecule has 0 spiro atoms. The number of nitrogens with one attached hydrogen (secondary N) is 2. The summed E-state index contributed by atoms with van der Waals surface area (Å²) in [5.74, 6) is 0.703. The van der Waals surface area contributed by atoms with E-state index in [2.05, 4.69) is 10.2 Å². The van der Waals surface area contributed by atoms with Gasteiger partial charge in [0.1, 0.15) is 18.6 Å². The second-order valence-electron chi connectivity index (χ2n) is 7.34. The lowest BCUT2D eigenvalue weighted by Crippen LogP contribution is -2.45. The Kier molecular flexibility index (Phi) is 6.77. The fraction of sp³-hybridized carbons (Fsp3) is 0.364. The van der Waals surface area contributed by atoms with Gasteiger partial charge >= 0.3 is 0 Å². The predicted molar refractivity (Wildman–Crippen MR) is 119 cm³/mol. The largest absolute Gasteiger partial charge is 0.492 e. The number of rotatable bonds is 8. The Morgan fingerprint density at radius 3 is 2.69 bits per heavy atom. The summed E-state index contributed by atoms with van der Waals surface area (Å²) in [4.78, 5) is 14.4. The molecule has 0 atom stereocenters. The first-order chi connectivity index (χ1) is 14.0. The van der Waals surface area contributed by atoms with E-state index in [4.69, 9.17) is 27.5 Å². The Labute approximate surface area is 176 Å². The molecule has 6 nitrogen and oxygen atoms in total. The zero-order valence-electron chi connectivity index (χ0n) is 16.6. The SMILES string of the molecule is CNc1ccc(Cl)cc1C1(C=O)CCN(CCOc2ccc(N)c(C=N)c2)CC1. The molecule has 1 aliphatic heterocycles. The fourth-order valence-electron chi connectivity index (χ4n) is 3.83. The summed E-state index contributed by atoms with van der Waals surface area (Å²) >= 11 is 6.21. The van der Waals surface area contributed by atoms with Gasteiger partial charge in [0.25, 0.3) is 0 Å². The van der Waals surface area contributed by atoms with Gasteiger partial charge in [0.05, 0.1) is 5.41 Å². The van der Waals surface area contributed by atoms with Crippen LogP contribution in [-0.4, -0.2) is 50.7 Å². The van der Waals surface area contributed by atoms with Crippen LogP contribution in [0.5, 0.6) is 5.75 Å². The van der Waals surface area contributed by atoms with Gasteiger partial charge in [0, 0.05) is 41.8 Å². The number of benzene rings is 2. The first-order valence-corrected chi connectivity index (χ1v) is 10.1. The highest BCUT2D eigenvalue weighted by atomic mass is 35.5. The maximum Gasteiger partial charge on any atom is 0.130 e. The van der Waals surface area contributed by atoms with Crippen molar-refractivity contribution in [3.63, 3.8) is 0 Å². The lowest BCUT2D eigenvalue weighted by atomic mass is 9.73. The number of carbonyl (C=O) groups excluding carboxylic acids is 1. The van der Waals surface area contributed by atoms with Crippen molar-refractivity contribution in [2.45, 2.75) is 18.3 Å². The summed E-state index contributed by atoms with van der Waals surface area (Å²) in [6.07, 6.45) is 3.79. The van der Waals surface area contributed by atoms with Crippen molar-refractivity contribution in [1.82, 2.24) is 4.90 Å². The average Bonchev–Trinajstić information content (AvgIpc) is 2.75. The molecular weight excluding hydrogens is 388 g/mol. The summed E-state index contributed by atoms with van der Waals surface area (Å²) in [6, 6.07) is 11.0.